The molecule has 4 aromatic heterocycles. The van der Waals surface area contributed by atoms with Crippen LogP contribution >= 0.6 is 15.9 Å². The zero-order chi connectivity index (χ0) is 25.0. The highest BCUT2D eigenvalue weighted by atomic mass is 79.9. The zero-order valence-corrected chi connectivity index (χ0v) is 21.2. The maximum atomic E-state index is 13.5. The second kappa shape index (κ2) is 8.52. The molecule has 5 aromatic rings. The minimum atomic E-state index is -0.384. The minimum absolute atomic E-state index is 0.279. The number of fused-ring (bicyclic) bond motifs is 2. The van der Waals surface area contributed by atoms with E-state index in [4.69, 9.17) is 0 Å². The number of amides is 2. The summed E-state index contributed by atoms with van der Waals surface area (Å²) in [7, 11) is 3.25. The first kappa shape index (κ1) is 22.4. The van der Waals surface area contributed by atoms with Crippen molar-refractivity contribution in [2.45, 2.75) is 19.5 Å². The molecule has 36 heavy (non-hydrogen) atoms. The Labute approximate surface area is 214 Å². The fraction of sp³-hybridized carbons (Fsp3) is 0.200. The molecule has 1 aromatic carbocycles. The maximum absolute atomic E-state index is 13.5. The highest BCUT2D eigenvalue weighted by molar-refractivity contribution is 9.10. The van der Waals surface area contributed by atoms with Crippen molar-refractivity contribution in [3.8, 4) is 0 Å². The molecule has 0 aliphatic carbocycles. The number of nitrogens with zero attached hydrogens (tertiary/aromatic N) is 8. The number of imide groups is 1. The van der Waals surface area contributed by atoms with Gasteiger partial charge in [-0.15, -0.1) is 5.10 Å². The molecule has 0 unspecified atom stereocenters. The van der Waals surface area contributed by atoms with E-state index in [1.54, 1.807) is 36.5 Å². The van der Waals surface area contributed by atoms with Gasteiger partial charge in [-0.3, -0.25) is 14.5 Å². The van der Waals surface area contributed by atoms with E-state index < -0.39 is 0 Å². The molecule has 0 radical (unpaired) electrons. The number of halogens is 1. The molecular formula is C25H21BrN8O2. The largest absolute Gasteiger partial charge is 0.347 e. The summed E-state index contributed by atoms with van der Waals surface area (Å²) in [5, 5.41) is 14.2. The number of imidazole rings is 1. The Morgan fingerprint density at radius 1 is 0.972 bits per heavy atom. The van der Waals surface area contributed by atoms with Gasteiger partial charge in [-0.1, -0.05) is 22.0 Å². The van der Waals surface area contributed by atoms with Gasteiger partial charge in [-0.2, -0.15) is 10.2 Å². The fourth-order valence-electron chi connectivity index (χ4n) is 4.79. The van der Waals surface area contributed by atoms with Crippen LogP contribution in [0.2, 0.25) is 0 Å². The van der Waals surface area contributed by atoms with Crippen LogP contribution in [0.15, 0.2) is 59.9 Å². The molecule has 0 fully saturated rings. The van der Waals surface area contributed by atoms with Crippen LogP contribution in [0.25, 0.3) is 33.1 Å². The summed E-state index contributed by atoms with van der Waals surface area (Å²) in [6.07, 6.45) is 9.90. The van der Waals surface area contributed by atoms with Crippen molar-refractivity contribution in [1.29, 1.82) is 0 Å². The van der Waals surface area contributed by atoms with Crippen LogP contribution in [-0.2, 0) is 29.7 Å². The third-order valence-corrected chi connectivity index (χ3v) is 7.02. The predicted molar refractivity (Wildman–Crippen MR) is 137 cm³/mol. The second-order valence-corrected chi connectivity index (χ2v) is 9.63. The lowest BCUT2D eigenvalue weighted by atomic mass is 9.98. The Morgan fingerprint density at radius 3 is 2.61 bits per heavy atom. The van der Waals surface area contributed by atoms with Crippen LogP contribution in [0, 0.1) is 0 Å². The molecule has 6 rings (SSSR count). The molecule has 0 N–H and O–H groups in total. The first-order valence-corrected chi connectivity index (χ1v) is 12.2. The first-order chi connectivity index (χ1) is 17.4. The quantitative estimate of drug-likeness (QED) is 0.304. The van der Waals surface area contributed by atoms with Crippen LogP contribution in [0.1, 0.15) is 17.7 Å². The van der Waals surface area contributed by atoms with Crippen LogP contribution in [0.5, 0.6) is 0 Å². The minimum Gasteiger partial charge on any atom is -0.347 e. The van der Waals surface area contributed by atoms with Crippen molar-refractivity contribution in [2.75, 3.05) is 7.05 Å². The summed E-state index contributed by atoms with van der Waals surface area (Å²) in [5.74, 6) is -0.735. The van der Waals surface area contributed by atoms with Crippen molar-refractivity contribution in [3.63, 3.8) is 0 Å². The molecule has 10 nitrogen and oxygen atoms in total. The molecule has 0 saturated carbocycles. The summed E-state index contributed by atoms with van der Waals surface area (Å²) in [5.41, 5.74) is 3.28. The highest BCUT2D eigenvalue weighted by Crippen LogP contribution is 2.40. The summed E-state index contributed by atoms with van der Waals surface area (Å²) in [6.45, 7) is 1.55. The third kappa shape index (κ3) is 3.46. The Kier molecular flexibility index (Phi) is 5.29. The van der Waals surface area contributed by atoms with E-state index in [0.717, 1.165) is 39.8 Å². The first-order valence-electron chi connectivity index (χ1n) is 11.4. The third-order valence-electron chi connectivity index (χ3n) is 6.52. The number of carbonyl (C=O) groups is 2. The monoisotopic (exact) mass is 544 g/mol. The van der Waals surface area contributed by atoms with E-state index in [-0.39, 0.29) is 17.4 Å². The number of benzene rings is 1. The number of likely N-dealkylation sites (N-methyl/N-ethyl adjacent to an activating group) is 1. The molecule has 0 bridgehead atoms. The van der Waals surface area contributed by atoms with Gasteiger partial charge in [0.05, 0.1) is 29.1 Å². The molecule has 5 heterocycles. The summed E-state index contributed by atoms with van der Waals surface area (Å²) < 4.78 is 6.68. The number of hydrogen-bond donors (Lipinski definition) is 0. The van der Waals surface area contributed by atoms with Gasteiger partial charge < -0.3 is 9.13 Å². The van der Waals surface area contributed by atoms with Crippen molar-refractivity contribution >= 4 is 60.8 Å². The van der Waals surface area contributed by atoms with Crippen molar-refractivity contribution < 1.29 is 9.59 Å². The SMILES string of the molecule is CN1C(=O)C(c2cn(CCCn3ccnc3)c3cc(Br)ccc23)=C(c2nn(C)c3nnccc23)C1=O. The van der Waals surface area contributed by atoms with E-state index in [1.165, 1.54) is 7.05 Å². The standard InChI is InChI=1S/C25H21BrN8O2/c1-31-24(35)20(21(25(31)36)22-17-6-7-28-29-23(17)32(2)30-22)18-13-34(10-3-9-33-11-8-27-14-33)19-12-15(26)4-5-16(18)19/h4-8,11-14H,3,9-10H2,1-2H3. The number of hydrogen-bond acceptors (Lipinski definition) is 6. The van der Waals surface area contributed by atoms with Crippen LogP contribution in [0.3, 0.4) is 0 Å². The Bertz CT molecular complexity index is 1700. The fourth-order valence-corrected chi connectivity index (χ4v) is 5.14. The topological polar surface area (TPSA) is 104 Å². The van der Waals surface area contributed by atoms with E-state index >= 15 is 0 Å². The lowest BCUT2D eigenvalue weighted by Gasteiger charge is -2.06. The molecule has 0 spiro atoms. The lowest BCUT2D eigenvalue weighted by Crippen LogP contribution is -2.26. The van der Waals surface area contributed by atoms with Gasteiger partial charge in [0.2, 0.25) is 0 Å². The normalized spacial score (nSPS) is 14.2. The number of rotatable bonds is 6. The summed E-state index contributed by atoms with van der Waals surface area (Å²) >= 11 is 3.58. The van der Waals surface area contributed by atoms with Crippen molar-refractivity contribution in [1.82, 2.24) is 39.0 Å². The molecule has 1 aliphatic rings. The second-order valence-electron chi connectivity index (χ2n) is 8.71. The Balaban J connectivity index is 1.53. The average Bonchev–Trinajstić information content (AvgIpc) is 3.63. The van der Waals surface area contributed by atoms with Gasteiger partial charge in [0.1, 0.15) is 5.69 Å². The molecule has 1 aliphatic heterocycles. The molecule has 0 atom stereocenters. The van der Waals surface area contributed by atoms with E-state index in [0.29, 0.717) is 27.9 Å². The van der Waals surface area contributed by atoms with Crippen LogP contribution in [0.4, 0.5) is 0 Å². The van der Waals surface area contributed by atoms with E-state index in [1.807, 2.05) is 35.2 Å². The Hall–Kier alpha value is -4.12. The van der Waals surface area contributed by atoms with Gasteiger partial charge in [0.25, 0.3) is 11.8 Å². The molecule has 180 valence electrons. The van der Waals surface area contributed by atoms with Crippen molar-refractivity contribution in [3.05, 3.63) is 71.1 Å². The van der Waals surface area contributed by atoms with Crippen LogP contribution < -0.4 is 0 Å². The lowest BCUT2D eigenvalue weighted by molar-refractivity contribution is -0.134. The maximum Gasteiger partial charge on any atom is 0.263 e. The number of aryl methyl sites for hydroxylation is 3. The zero-order valence-electron chi connectivity index (χ0n) is 19.6. The Morgan fingerprint density at radius 2 is 1.81 bits per heavy atom. The molecular weight excluding hydrogens is 524 g/mol. The van der Waals surface area contributed by atoms with Gasteiger partial charge in [-0.25, -0.2) is 9.67 Å². The summed E-state index contributed by atoms with van der Waals surface area (Å²) in [6, 6.07) is 7.72. The molecule has 0 saturated heterocycles. The highest BCUT2D eigenvalue weighted by Gasteiger charge is 2.40. The smallest absolute Gasteiger partial charge is 0.263 e. The van der Waals surface area contributed by atoms with Gasteiger partial charge >= 0.3 is 0 Å². The summed E-state index contributed by atoms with van der Waals surface area (Å²) in [4.78, 5) is 32.1. The van der Waals surface area contributed by atoms with Crippen molar-refractivity contribution in [2.24, 2.45) is 7.05 Å². The van der Waals surface area contributed by atoms with E-state index in [2.05, 4.69) is 40.8 Å². The van der Waals surface area contributed by atoms with Gasteiger partial charge in [-0.05, 0) is 24.6 Å². The van der Waals surface area contributed by atoms with Gasteiger partial charge in [0.15, 0.2) is 5.65 Å². The molecule has 2 amide bonds. The number of carbonyl (C=O) groups excluding carboxylic acids is 2. The average molecular weight is 545 g/mol. The predicted octanol–water partition coefficient (Wildman–Crippen LogP) is 3.28. The van der Waals surface area contributed by atoms with Gasteiger partial charge in [0, 0.05) is 66.7 Å². The van der Waals surface area contributed by atoms with E-state index in [9.17, 15) is 9.59 Å². The number of aromatic nitrogens is 7. The molecule has 11 heteroatoms. The van der Waals surface area contributed by atoms with Crippen LogP contribution in [-0.4, -0.2) is 57.9 Å².